The van der Waals surface area contributed by atoms with Crippen molar-refractivity contribution in [3.63, 3.8) is 0 Å². The van der Waals surface area contributed by atoms with E-state index < -0.39 is 0 Å². The number of halogens is 1. The Kier molecular flexibility index (Phi) is 5.51. The summed E-state index contributed by atoms with van der Waals surface area (Å²) in [5, 5.41) is 3.36. The number of fused-ring (bicyclic) bond motifs is 1. The summed E-state index contributed by atoms with van der Waals surface area (Å²) < 4.78 is 14.4. The summed E-state index contributed by atoms with van der Waals surface area (Å²) in [6.45, 7) is 7.44. The van der Waals surface area contributed by atoms with E-state index in [0.717, 1.165) is 43.8 Å². The molecule has 2 aromatic rings. The van der Waals surface area contributed by atoms with Gasteiger partial charge in [-0.15, -0.1) is 11.3 Å². The summed E-state index contributed by atoms with van der Waals surface area (Å²) >= 11 is 1.64. The standard InChI is InChI=1S/C18H26FN3S/c1-14(4-2-7-20)21-8-3-9-22(11-10-21)17-13-23-18-12-15(19)5-6-16(17)18/h5-6,12-14H,2-4,7-11,20H2,1H3. The van der Waals surface area contributed by atoms with Gasteiger partial charge in [0.1, 0.15) is 5.82 Å². The van der Waals surface area contributed by atoms with Crippen molar-refractivity contribution in [2.24, 2.45) is 5.73 Å². The third kappa shape index (κ3) is 3.84. The van der Waals surface area contributed by atoms with E-state index in [1.54, 1.807) is 23.5 Å². The largest absolute Gasteiger partial charge is 0.369 e. The molecule has 23 heavy (non-hydrogen) atoms. The molecule has 1 aromatic heterocycles. The predicted molar refractivity (Wildman–Crippen MR) is 97.9 cm³/mol. The van der Waals surface area contributed by atoms with Gasteiger partial charge in [0.2, 0.25) is 0 Å². The first-order valence-electron chi connectivity index (χ1n) is 8.55. The zero-order chi connectivity index (χ0) is 16.2. The van der Waals surface area contributed by atoms with Crippen molar-refractivity contribution in [1.29, 1.82) is 0 Å². The highest BCUT2D eigenvalue weighted by Gasteiger charge is 2.20. The van der Waals surface area contributed by atoms with Gasteiger partial charge in [-0.1, -0.05) is 0 Å². The minimum atomic E-state index is -0.151. The monoisotopic (exact) mass is 335 g/mol. The molecule has 5 heteroatoms. The second-order valence-corrected chi connectivity index (χ2v) is 7.33. The van der Waals surface area contributed by atoms with E-state index in [4.69, 9.17) is 5.73 Å². The molecule has 1 aliphatic heterocycles. The lowest BCUT2D eigenvalue weighted by molar-refractivity contribution is 0.212. The molecule has 2 heterocycles. The molecular weight excluding hydrogens is 309 g/mol. The Morgan fingerprint density at radius 3 is 2.96 bits per heavy atom. The molecule has 0 aliphatic carbocycles. The van der Waals surface area contributed by atoms with Crippen LogP contribution in [0.1, 0.15) is 26.2 Å². The number of nitrogens with two attached hydrogens (primary N) is 1. The van der Waals surface area contributed by atoms with Crippen molar-refractivity contribution in [3.8, 4) is 0 Å². The number of benzene rings is 1. The van der Waals surface area contributed by atoms with Crippen LogP contribution < -0.4 is 10.6 Å². The van der Waals surface area contributed by atoms with Crippen LogP contribution in [-0.4, -0.2) is 43.7 Å². The lowest BCUT2D eigenvalue weighted by atomic mass is 10.1. The molecule has 1 fully saturated rings. The average Bonchev–Trinajstić information content (AvgIpc) is 2.80. The molecule has 0 amide bonds. The number of hydrogen-bond donors (Lipinski definition) is 1. The van der Waals surface area contributed by atoms with Crippen LogP contribution in [0.15, 0.2) is 23.6 Å². The summed E-state index contributed by atoms with van der Waals surface area (Å²) in [5.41, 5.74) is 6.90. The van der Waals surface area contributed by atoms with E-state index in [1.165, 1.54) is 23.9 Å². The molecule has 0 bridgehead atoms. The van der Waals surface area contributed by atoms with E-state index in [1.807, 2.05) is 6.07 Å². The summed E-state index contributed by atoms with van der Waals surface area (Å²) in [6.07, 6.45) is 3.45. The third-order valence-electron chi connectivity index (χ3n) is 4.84. The van der Waals surface area contributed by atoms with Gasteiger partial charge >= 0.3 is 0 Å². The number of anilines is 1. The molecule has 1 unspecified atom stereocenters. The maximum absolute atomic E-state index is 13.4. The molecule has 3 rings (SSSR count). The van der Waals surface area contributed by atoms with Crippen LogP contribution in [0.25, 0.3) is 10.1 Å². The van der Waals surface area contributed by atoms with E-state index in [2.05, 4.69) is 22.1 Å². The van der Waals surface area contributed by atoms with Gasteiger partial charge in [0, 0.05) is 47.7 Å². The van der Waals surface area contributed by atoms with Crippen LogP contribution >= 0.6 is 11.3 Å². The zero-order valence-electron chi connectivity index (χ0n) is 13.8. The third-order valence-corrected chi connectivity index (χ3v) is 5.77. The van der Waals surface area contributed by atoms with Gasteiger partial charge < -0.3 is 10.6 Å². The van der Waals surface area contributed by atoms with E-state index in [0.29, 0.717) is 6.04 Å². The first kappa shape index (κ1) is 16.7. The Morgan fingerprint density at radius 2 is 2.13 bits per heavy atom. The molecule has 2 N–H and O–H groups in total. The minimum absolute atomic E-state index is 0.151. The molecule has 1 saturated heterocycles. The smallest absolute Gasteiger partial charge is 0.124 e. The van der Waals surface area contributed by atoms with Gasteiger partial charge in [0.15, 0.2) is 0 Å². The van der Waals surface area contributed by atoms with Crippen LogP contribution in [-0.2, 0) is 0 Å². The first-order chi connectivity index (χ1) is 11.2. The lowest BCUT2D eigenvalue weighted by Gasteiger charge is -2.28. The average molecular weight is 335 g/mol. The lowest BCUT2D eigenvalue weighted by Crippen LogP contribution is -2.37. The molecule has 3 nitrogen and oxygen atoms in total. The number of thiophene rings is 1. The van der Waals surface area contributed by atoms with Crippen molar-refractivity contribution < 1.29 is 4.39 Å². The van der Waals surface area contributed by atoms with E-state index in [9.17, 15) is 4.39 Å². The zero-order valence-corrected chi connectivity index (χ0v) is 14.6. The Labute approximate surface area is 141 Å². The van der Waals surface area contributed by atoms with E-state index >= 15 is 0 Å². The Morgan fingerprint density at radius 1 is 1.26 bits per heavy atom. The van der Waals surface area contributed by atoms with Gasteiger partial charge in [-0.3, -0.25) is 4.90 Å². The highest BCUT2D eigenvalue weighted by molar-refractivity contribution is 7.17. The molecule has 126 valence electrons. The molecule has 0 spiro atoms. The predicted octanol–water partition coefficient (Wildman–Crippen LogP) is 3.68. The minimum Gasteiger partial charge on any atom is -0.369 e. The van der Waals surface area contributed by atoms with Gasteiger partial charge in [-0.25, -0.2) is 4.39 Å². The molecule has 0 radical (unpaired) electrons. The first-order valence-corrected chi connectivity index (χ1v) is 9.43. The topological polar surface area (TPSA) is 32.5 Å². The summed E-state index contributed by atoms with van der Waals surface area (Å²) in [5.74, 6) is -0.151. The summed E-state index contributed by atoms with van der Waals surface area (Å²) in [6, 6.07) is 5.73. The van der Waals surface area contributed by atoms with E-state index in [-0.39, 0.29) is 5.82 Å². The maximum Gasteiger partial charge on any atom is 0.124 e. The highest BCUT2D eigenvalue weighted by atomic mass is 32.1. The van der Waals surface area contributed by atoms with Crippen molar-refractivity contribution >= 4 is 27.1 Å². The quantitative estimate of drug-likeness (QED) is 0.905. The van der Waals surface area contributed by atoms with Crippen molar-refractivity contribution in [1.82, 2.24) is 4.90 Å². The second-order valence-electron chi connectivity index (χ2n) is 6.42. The fourth-order valence-electron chi connectivity index (χ4n) is 3.45. The van der Waals surface area contributed by atoms with Gasteiger partial charge in [0.25, 0.3) is 0 Å². The van der Waals surface area contributed by atoms with Gasteiger partial charge in [-0.05, 0) is 50.9 Å². The van der Waals surface area contributed by atoms with Crippen molar-refractivity contribution in [2.75, 3.05) is 37.6 Å². The Balaban J connectivity index is 1.69. The molecule has 1 aromatic carbocycles. The Hall–Kier alpha value is -1.17. The fourth-order valence-corrected chi connectivity index (χ4v) is 4.44. The maximum atomic E-state index is 13.4. The van der Waals surface area contributed by atoms with Crippen LogP contribution in [0.5, 0.6) is 0 Å². The van der Waals surface area contributed by atoms with Gasteiger partial charge in [0.05, 0.1) is 5.69 Å². The van der Waals surface area contributed by atoms with Gasteiger partial charge in [-0.2, -0.15) is 0 Å². The van der Waals surface area contributed by atoms with Crippen LogP contribution in [0, 0.1) is 5.82 Å². The normalized spacial score (nSPS) is 18.3. The van der Waals surface area contributed by atoms with Crippen LogP contribution in [0.3, 0.4) is 0 Å². The second kappa shape index (κ2) is 7.60. The highest BCUT2D eigenvalue weighted by Crippen LogP contribution is 2.34. The number of rotatable bonds is 5. The Bertz CT molecular complexity index is 642. The van der Waals surface area contributed by atoms with Crippen molar-refractivity contribution in [2.45, 2.75) is 32.2 Å². The fraction of sp³-hybridized carbons (Fsp3) is 0.556. The summed E-state index contributed by atoms with van der Waals surface area (Å²) in [7, 11) is 0. The molecular formula is C18H26FN3S. The SMILES string of the molecule is CC(CCCN)N1CCCN(c2csc3cc(F)ccc23)CC1. The summed E-state index contributed by atoms with van der Waals surface area (Å²) in [4.78, 5) is 5.05. The number of nitrogens with zero attached hydrogens (tertiary/aromatic N) is 2. The van der Waals surface area contributed by atoms with Crippen molar-refractivity contribution in [3.05, 3.63) is 29.4 Å². The molecule has 1 atom stereocenters. The molecule has 0 saturated carbocycles. The number of hydrogen-bond acceptors (Lipinski definition) is 4. The van der Waals surface area contributed by atoms with Crippen LogP contribution in [0.4, 0.5) is 10.1 Å². The van der Waals surface area contributed by atoms with Crippen LogP contribution in [0.2, 0.25) is 0 Å². The molecule has 1 aliphatic rings.